The van der Waals surface area contributed by atoms with Crippen molar-refractivity contribution in [3.05, 3.63) is 48.0 Å². The molecule has 0 radical (unpaired) electrons. The van der Waals surface area contributed by atoms with Crippen LogP contribution in [0.2, 0.25) is 0 Å². The summed E-state index contributed by atoms with van der Waals surface area (Å²) >= 11 is 1.60. The first kappa shape index (κ1) is 13.9. The summed E-state index contributed by atoms with van der Waals surface area (Å²) in [6.45, 7) is 4.97. The highest BCUT2D eigenvalue weighted by atomic mass is 32.2. The summed E-state index contributed by atoms with van der Waals surface area (Å²) in [6.07, 6.45) is 4.08. The first-order chi connectivity index (χ1) is 9.20. The highest BCUT2D eigenvalue weighted by Crippen LogP contribution is 2.21. The van der Waals surface area contributed by atoms with Crippen LogP contribution in [0.25, 0.3) is 0 Å². The van der Waals surface area contributed by atoms with Gasteiger partial charge < -0.3 is 4.57 Å². The van der Waals surface area contributed by atoms with Gasteiger partial charge in [0.15, 0.2) is 5.78 Å². The number of imidazole rings is 1. The van der Waals surface area contributed by atoms with Crippen LogP contribution in [0.1, 0.15) is 18.3 Å². The number of thioether (sulfide) groups is 1. The van der Waals surface area contributed by atoms with Crippen molar-refractivity contribution in [2.45, 2.75) is 31.7 Å². The molecular weight excluding hydrogens is 256 g/mol. The number of aryl methyl sites for hydroxylation is 2. The molecule has 0 unspecified atom stereocenters. The molecule has 3 nitrogen and oxygen atoms in total. The number of Topliss-reactive ketones (excluding diaryl/α,β-unsaturated/α-hetero) is 1. The lowest BCUT2D eigenvalue weighted by atomic mass is 10.2. The van der Waals surface area contributed by atoms with Gasteiger partial charge in [-0.15, -0.1) is 11.8 Å². The third-order valence-corrected chi connectivity index (χ3v) is 4.22. The second kappa shape index (κ2) is 6.57. The van der Waals surface area contributed by atoms with E-state index in [1.807, 2.05) is 22.9 Å². The largest absolute Gasteiger partial charge is 0.335 e. The van der Waals surface area contributed by atoms with Crippen LogP contribution in [0.5, 0.6) is 0 Å². The van der Waals surface area contributed by atoms with E-state index in [1.165, 1.54) is 10.5 Å². The average Bonchev–Trinajstić information content (AvgIpc) is 2.85. The van der Waals surface area contributed by atoms with Gasteiger partial charge in [-0.3, -0.25) is 4.79 Å². The summed E-state index contributed by atoms with van der Waals surface area (Å²) in [5.74, 6) is 1.58. The molecule has 0 aliphatic carbocycles. The van der Waals surface area contributed by atoms with Crippen LogP contribution in [0.4, 0.5) is 0 Å². The number of hydrogen-bond donors (Lipinski definition) is 0. The van der Waals surface area contributed by atoms with Crippen LogP contribution in [0, 0.1) is 6.92 Å². The number of carbonyl (C=O) groups is 1. The third kappa shape index (κ3) is 3.70. The zero-order chi connectivity index (χ0) is 13.7. The second-order valence-corrected chi connectivity index (χ2v) is 5.42. The van der Waals surface area contributed by atoms with Crippen molar-refractivity contribution < 1.29 is 4.79 Å². The summed E-state index contributed by atoms with van der Waals surface area (Å²) in [6, 6.07) is 8.14. The normalized spacial score (nSPS) is 10.6. The summed E-state index contributed by atoms with van der Waals surface area (Å²) in [4.78, 5) is 17.4. The molecule has 100 valence electrons. The molecule has 0 fully saturated rings. The molecular formula is C15H18N2OS. The lowest BCUT2D eigenvalue weighted by molar-refractivity contribution is -0.116. The summed E-state index contributed by atoms with van der Waals surface area (Å²) in [5, 5.41) is 0. The summed E-state index contributed by atoms with van der Waals surface area (Å²) < 4.78 is 2.01. The van der Waals surface area contributed by atoms with Crippen LogP contribution in [0.3, 0.4) is 0 Å². The minimum Gasteiger partial charge on any atom is -0.335 e. The van der Waals surface area contributed by atoms with E-state index in [4.69, 9.17) is 0 Å². The predicted octanol–water partition coefficient (Wildman–Crippen LogP) is 3.12. The van der Waals surface area contributed by atoms with E-state index in [9.17, 15) is 4.79 Å². The quantitative estimate of drug-likeness (QED) is 0.759. The van der Waals surface area contributed by atoms with Crippen LogP contribution >= 0.6 is 11.8 Å². The van der Waals surface area contributed by atoms with E-state index < -0.39 is 0 Å². The van der Waals surface area contributed by atoms with Crippen LogP contribution in [-0.2, 0) is 17.8 Å². The Morgan fingerprint density at radius 3 is 2.89 bits per heavy atom. The van der Waals surface area contributed by atoms with E-state index in [-0.39, 0.29) is 5.78 Å². The van der Waals surface area contributed by atoms with Crippen molar-refractivity contribution in [2.75, 3.05) is 5.75 Å². The highest BCUT2D eigenvalue weighted by Gasteiger charge is 2.09. The Balaban J connectivity index is 1.90. The Morgan fingerprint density at radius 2 is 2.16 bits per heavy atom. The Bertz CT molecular complexity index is 563. The molecule has 1 aromatic carbocycles. The molecule has 0 spiro atoms. The standard InChI is InChI=1S/C15H18N2OS/c1-3-17-9-8-16-15(17)10-13(18)11-19-14-7-5-4-6-12(14)2/h4-9H,3,10-11H2,1-2H3. The molecule has 4 heteroatoms. The molecule has 0 amide bonds. The van der Waals surface area contributed by atoms with E-state index in [2.05, 4.69) is 31.0 Å². The maximum absolute atomic E-state index is 12.0. The van der Waals surface area contributed by atoms with Crippen LogP contribution in [0.15, 0.2) is 41.6 Å². The third-order valence-electron chi connectivity index (χ3n) is 2.98. The van der Waals surface area contributed by atoms with E-state index >= 15 is 0 Å². The van der Waals surface area contributed by atoms with Gasteiger partial charge in [0.05, 0.1) is 12.2 Å². The Kier molecular flexibility index (Phi) is 4.80. The van der Waals surface area contributed by atoms with Crippen molar-refractivity contribution in [3.63, 3.8) is 0 Å². The number of rotatable bonds is 6. The Labute approximate surface area is 118 Å². The molecule has 0 aliphatic rings. The van der Waals surface area contributed by atoms with Gasteiger partial charge in [0.1, 0.15) is 5.82 Å². The molecule has 0 saturated carbocycles. The van der Waals surface area contributed by atoms with Crippen molar-refractivity contribution in [3.8, 4) is 0 Å². The minimum absolute atomic E-state index is 0.217. The monoisotopic (exact) mass is 274 g/mol. The Morgan fingerprint density at radius 1 is 1.37 bits per heavy atom. The van der Waals surface area contributed by atoms with Gasteiger partial charge >= 0.3 is 0 Å². The molecule has 1 heterocycles. The van der Waals surface area contributed by atoms with Crippen molar-refractivity contribution >= 4 is 17.5 Å². The fourth-order valence-electron chi connectivity index (χ4n) is 1.90. The minimum atomic E-state index is 0.217. The zero-order valence-corrected chi connectivity index (χ0v) is 12.1. The first-order valence-corrected chi connectivity index (χ1v) is 7.39. The molecule has 0 N–H and O–H groups in total. The van der Waals surface area contributed by atoms with Gasteiger partial charge in [-0.05, 0) is 25.5 Å². The molecule has 2 rings (SSSR count). The second-order valence-electron chi connectivity index (χ2n) is 4.40. The maximum atomic E-state index is 12.0. The molecule has 0 aliphatic heterocycles. The zero-order valence-electron chi connectivity index (χ0n) is 11.3. The molecule has 0 saturated heterocycles. The molecule has 2 aromatic rings. The smallest absolute Gasteiger partial charge is 0.150 e. The molecule has 0 bridgehead atoms. The first-order valence-electron chi connectivity index (χ1n) is 6.41. The predicted molar refractivity (Wildman–Crippen MR) is 78.5 cm³/mol. The van der Waals surface area contributed by atoms with Crippen molar-refractivity contribution in [1.82, 2.24) is 9.55 Å². The van der Waals surface area contributed by atoms with E-state index in [0.29, 0.717) is 12.2 Å². The van der Waals surface area contributed by atoms with Crippen molar-refractivity contribution in [1.29, 1.82) is 0 Å². The van der Waals surface area contributed by atoms with E-state index in [1.54, 1.807) is 18.0 Å². The average molecular weight is 274 g/mol. The maximum Gasteiger partial charge on any atom is 0.150 e. The van der Waals surface area contributed by atoms with E-state index in [0.717, 1.165) is 12.4 Å². The lowest BCUT2D eigenvalue weighted by Gasteiger charge is -2.06. The number of nitrogens with zero attached hydrogens (tertiary/aromatic N) is 2. The highest BCUT2D eigenvalue weighted by molar-refractivity contribution is 8.00. The Hall–Kier alpha value is -1.55. The molecule has 19 heavy (non-hydrogen) atoms. The van der Waals surface area contributed by atoms with Gasteiger partial charge in [0, 0.05) is 23.8 Å². The van der Waals surface area contributed by atoms with Gasteiger partial charge in [0.25, 0.3) is 0 Å². The van der Waals surface area contributed by atoms with Gasteiger partial charge in [-0.25, -0.2) is 4.98 Å². The number of benzene rings is 1. The SMILES string of the molecule is CCn1ccnc1CC(=O)CSc1ccccc1C. The van der Waals surface area contributed by atoms with Crippen molar-refractivity contribution in [2.24, 2.45) is 0 Å². The molecule has 0 atom stereocenters. The number of aromatic nitrogens is 2. The van der Waals surface area contributed by atoms with Crippen LogP contribution in [-0.4, -0.2) is 21.1 Å². The lowest BCUT2D eigenvalue weighted by Crippen LogP contribution is -2.11. The number of ketones is 1. The molecule has 1 aromatic heterocycles. The fraction of sp³-hybridized carbons (Fsp3) is 0.333. The summed E-state index contributed by atoms with van der Waals surface area (Å²) in [5.41, 5.74) is 1.22. The van der Waals surface area contributed by atoms with Crippen LogP contribution < -0.4 is 0 Å². The number of carbonyl (C=O) groups excluding carboxylic acids is 1. The number of hydrogen-bond acceptors (Lipinski definition) is 3. The van der Waals surface area contributed by atoms with Gasteiger partial charge in [-0.2, -0.15) is 0 Å². The van der Waals surface area contributed by atoms with Gasteiger partial charge in [0.2, 0.25) is 0 Å². The fourth-order valence-corrected chi connectivity index (χ4v) is 2.79. The van der Waals surface area contributed by atoms with Gasteiger partial charge in [-0.1, -0.05) is 18.2 Å². The topological polar surface area (TPSA) is 34.9 Å². The summed E-state index contributed by atoms with van der Waals surface area (Å²) in [7, 11) is 0.